The highest BCUT2D eigenvalue weighted by atomic mass is 35.5. The van der Waals surface area contributed by atoms with Crippen LogP contribution in [0.4, 0.5) is 5.95 Å². The molecule has 1 aliphatic heterocycles. The fourth-order valence-corrected chi connectivity index (χ4v) is 3.18. The first kappa shape index (κ1) is 15.0. The third-order valence-electron chi connectivity index (χ3n) is 4.32. The van der Waals surface area contributed by atoms with E-state index in [9.17, 15) is 0 Å². The van der Waals surface area contributed by atoms with Gasteiger partial charge in [-0.15, -0.1) is 0 Å². The Kier molecular flexibility index (Phi) is 3.82. The van der Waals surface area contributed by atoms with E-state index in [-0.39, 0.29) is 12.1 Å². The number of hydrogen-bond acceptors (Lipinski definition) is 5. The number of benzene rings is 2. The lowest BCUT2D eigenvalue weighted by Gasteiger charge is -2.31. The van der Waals surface area contributed by atoms with Crippen molar-refractivity contribution in [2.24, 2.45) is 0 Å². The Morgan fingerprint density at radius 3 is 2.50 bits per heavy atom. The molecule has 0 fully saturated rings. The lowest BCUT2D eigenvalue weighted by molar-refractivity contribution is 0.410. The summed E-state index contributed by atoms with van der Waals surface area (Å²) in [5, 5.41) is 16.2. The molecule has 0 saturated carbocycles. The number of methoxy groups -OCH3 is 1. The van der Waals surface area contributed by atoms with Crippen molar-refractivity contribution in [1.82, 2.24) is 20.2 Å². The van der Waals surface area contributed by atoms with Crippen LogP contribution in [-0.4, -0.2) is 27.3 Å². The van der Waals surface area contributed by atoms with Gasteiger partial charge in [-0.25, -0.2) is 4.68 Å². The molecule has 6 nitrogen and oxygen atoms in total. The monoisotopic (exact) mass is 341 g/mol. The van der Waals surface area contributed by atoms with Gasteiger partial charge in [0.1, 0.15) is 5.75 Å². The summed E-state index contributed by atoms with van der Waals surface area (Å²) in [6, 6.07) is 16.1. The Morgan fingerprint density at radius 2 is 1.79 bits per heavy atom. The van der Waals surface area contributed by atoms with Gasteiger partial charge in [0, 0.05) is 5.02 Å². The van der Waals surface area contributed by atoms with Gasteiger partial charge in [0.2, 0.25) is 5.95 Å². The van der Waals surface area contributed by atoms with Crippen LogP contribution >= 0.6 is 11.6 Å². The zero-order valence-electron chi connectivity index (χ0n) is 13.1. The first-order valence-electron chi connectivity index (χ1n) is 7.68. The highest BCUT2D eigenvalue weighted by molar-refractivity contribution is 6.30. The van der Waals surface area contributed by atoms with Gasteiger partial charge in [-0.05, 0) is 52.2 Å². The summed E-state index contributed by atoms with van der Waals surface area (Å²) in [4.78, 5) is 0. The molecule has 0 amide bonds. The summed E-state index contributed by atoms with van der Waals surface area (Å²) < 4.78 is 7.07. The molecule has 2 aromatic carbocycles. The number of ether oxygens (including phenoxy) is 1. The highest BCUT2D eigenvalue weighted by Gasteiger charge is 2.30. The van der Waals surface area contributed by atoms with E-state index in [1.54, 1.807) is 7.11 Å². The van der Waals surface area contributed by atoms with Crippen LogP contribution in [0.3, 0.4) is 0 Å². The SMILES string of the molecule is COc1ccc([C@H]2C[C@@H](c3ccc(Cl)cc3)Nc3nnnn32)cc1. The second-order valence-corrected chi connectivity index (χ2v) is 6.16. The molecule has 0 unspecified atom stereocenters. The minimum Gasteiger partial charge on any atom is -0.497 e. The van der Waals surface area contributed by atoms with Crippen LogP contribution < -0.4 is 10.1 Å². The molecule has 2 heterocycles. The molecule has 2 atom stereocenters. The molecule has 0 spiro atoms. The van der Waals surface area contributed by atoms with E-state index in [1.165, 1.54) is 0 Å². The molecule has 24 heavy (non-hydrogen) atoms. The first-order valence-corrected chi connectivity index (χ1v) is 8.06. The molecule has 0 saturated heterocycles. The highest BCUT2D eigenvalue weighted by Crippen LogP contribution is 2.37. The average molecular weight is 342 g/mol. The Bertz CT molecular complexity index is 831. The molecule has 1 N–H and O–H groups in total. The number of fused-ring (bicyclic) bond motifs is 1. The number of nitrogens with one attached hydrogen (secondary N) is 1. The maximum atomic E-state index is 6.00. The topological polar surface area (TPSA) is 64.9 Å². The number of aromatic nitrogens is 4. The molecule has 4 rings (SSSR count). The zero-order valence-corrected chi connectivity index (χ0v) is 13.8. The van der Waals surface area contributed by atoms with Crippen LogP contribution in [0.2, 0.25) is 5.02 Å². The van der Waals surface area contributed by atoms with Gasteiger partial charge in [0.15, 0.2) is 0 Å². The predicted molar refractivity (Wildman–Crippen MR) is 91.4 cm³/mol. The summed E-state index contributed by atoms with van der Waals surface area (Å²) in [6.07, 6.45) is 0.839. The molecular formula is C17H16ClN5O. The van der Waals surface area contributed by atoms with Crippen LogP contribution in [0.25, 0.3) is 0 Å². The molecule has 0 aliphatic carbocycles. The van der Waals surface area contributed by atoms with E-state index in [0.29, 0.717) is 5.95 Å². The second kappa shape index (κ2) is 6.13. The Balaban J connectivity index is 1.69. The number of hydrogen-bond donors (Lipinski definition) is 1. The zero-order chi connectivity index (χ0) is 16.5. The smallest absolute Gasteiger partial charge is 0.243 e. The molecule has 3 aromatic rings. The molecule has 122 valence electrons. The van der Waals surface area contributed by atoms with Crippen LogP contribution in [0.5, 0.6) is 5.75 Å². The van der Waals surface area contributed by atoms with E-state index in [4.69, 9.17) is 16.3 Å². The number of halogens is 1. The summed E-state index contributed by atoms with van der Waals surface area (Å²) in [7, 11) is 1.66. The third-order valence-corrected chi connectivity index (χ3v) is 4.58. The fourth-order valence-electron chi connectivity index (χ4n) is 3.05. The van der Waals surface area contributed by atoms with E-state index >= 15 is 0 Å². The first-order chi connectivity index (χ1) is 11.7. The van der Waals surface area contributed by atoms with Crippen molar-refractivity contribution >= 4 is 17.5 Å². The van der Waals surface area contributed by atoms with Gasteiger partial charge in [0.25, 0.3) is 0 Å². The standard InChI is InChI=1S/C17H16ClN5O/c1-24-14-8-4-12(5-9-14)16-10-15(11-2-6-13(18)7-3-11)19-17-20-21-22-23(16)17/h2-9,15-16H,10H2,1H3,(H,19,20,22)/t15-,16+/m0/s1. The van der Waals surface area contributed by atoms with E-state index in [2.05, 4.69) is 33.0 Å². The molecule has 0 radical (unpaired) electrons. The van der Waals surface area contributed by atoms with Crippen molar-refractivity contribution in [2.45, 2.75) is 18.5 Å². The van der Waals surface area contributed by atoms with Gasteiger partial charge < -0.3 is 10.1 Å². The van der Waals surface area contributed by atoms with Crippen LogP contribution in [0, 0.1) is 0 Å². The molecular weight excluding hydrogens is 326 g/mol. The van der Waals surface area contributed by atoms with E-state index < -0.39 is 0 Å². The van der Waals surface area contributed by atoms with Crippen molar-refractivity contribution in [3.63, 3.8) is 0 Å². The van der Waals surface area contributed by atoms with Crippen molar-refractivity contribution in [1.29, 1.82) is 0 Å². The van der Waals surface area contributed by atoms with Gasteiger partial charge in [-0.2, -0.15) is 0 Å². The second-order valence-electron chi connectivity index (χ2n) is 5.72. The number of rotatable bonds is 3. The summed E-state index contributed by atoms with van der Waals surface area (Å²) in [5.41, 5.74) is 2.30. The fraction of sp³-hybridized carbons (Fsp3) is 0.235. The van der Waals surface area contributed by atoms with Gasteiger partial charge in [0.05, 0.1) is 19.2 Å². The van der Waals surface area contributed by atoms with Crippen LogP contribution in [0.15, 0.2) is 48.5 Å². The Labute approximate surface area is 144 Å². The van der Waals surface area contributed by atoms with Crippen molar-refractivity contribution in [2.75, 3.05) is 12.4 Å². The lowest BCUT2D eigenvalue weighted by atomic mass is 9.93. The lowest BCUT2D eigenvalue weighted by Crippen LogP contribution is -2.28. The van der Waals surface area contributed by atoms with Crippen molar-refractivity contribution < 1.29 is 4.74 Å². The molecule has 1 aromatic heterocycles. The summed E-state index contributed by atoms with van der Waals surface area (Å²) >= 11 is 6.00. The number of tetrazole rings is 1. The number of nitrogens with zero attached hydrogens (tertiary/aromatic N) is 4. The summed E-state index contributed by atoms with van der Waals surface area (Å²) in [5.74, 6) is 1.50. The molecule has 1 aliphatic rings. The Hall–Kier alpha value is -2.60. The van der Waals surface area contributed by atoms with Gasteiger partial charge in [-0.1, -0.05) is 41.0 Å². The number of anilines is 1. The maximum absolute atomic E-state index is 6.00. The Morgan fingerprint density at radius 1 is 1.08 bits per heavy atom. The van der Waals surface area contributed by atoms with E-state index in [0.717, 1.165) is 28.3 Å². The van der Waals surface area contributed by atoms with Gasteiger partial charge in [-0.3, -0.25) is 0 Å². The quantitative estimate of drug-likeness (QED) is 0.790. The van der Waals surface area contributed by atoms with Crippen LogP contribution in [0.1, 0.15) is 29.6 Å². The van der Waals surface area contributed by atoms with Crippen LogP contribution in [-0.2, 0) is 0 Å². The van der Waals surface area contributed by atoms with Crippen molar-refractivity contribution in [3.05, 3.63) is 64.7 Å². The predicted octanol–water partition coefficient (Wildman–Crippen LogP) is 3.48. The summed E-state index contributed by atoms with van der Waals surface area (Å²) in [6.45, 7) is 0. The largest absolute Gasteiger partial charge is 0.497 e. The van der Waals surface area contributed by atoms with Crippen molar-refractivity contribution in [3.8, 4) is 5.75 Å². The van der Waals surface area contributed by atoms with E-state index in [1.807, 2.05) is 41.1 Å². The molecule has 7 heteroatoms. The average Bonchev–Trinajstić information content (AvgIpc) is 3.10. The van der Waals surface area contributed by atoms with Gasteiger partial charge >= 0.3 is 0 Å². The maximum Gasteiger partial charge on any atom is 0.243 e. The minimum absolute atomic E-state index is 0.0582. The third kappa shape index (κ3) is 2.69. The minimum atomic E-state index is 0.0582. The normalized spacial score (nSPS) is 19.4. The molecule has 0 bridgehead atoms.